The number of rotatable bonds is 3. The standard InChI is InChI=1S/C11H17O2P/c1-11(2,12)9-14(3,13)10-7-5-4-6-8-10/h4-8,12H,9H2,1-3H3. The van der Waals surface area contributed by atoms with E-state index in [9.17, 15) is 9.67 Å². The molecule has 0 spiro atoms. The third-order valence-corrected chi connectivity index (χ3v) is 4.76. The predicted molar refractivity (Wildman–Crippen MR) is 60.8 cm³/mol. The van der Waals surface area contributed by atoms with Crippen LogP contribution in [0.1, 0.15) is 13.8 Å². The van der Waals surface area contributed by atoms with Crippen LogP contribution in [0.25, 0.3) is 0 Å². The molecule has 0 amide bonds. The maximum atomic E-state index is 12.3. The molecule has 3 heteroatoms. The Labute approximate surface area is 85.3 Å². The van der Waals surface area contributed by atoms with Crippen LogP contribution >= 0.6 is 7.14 Å². The second-order valence-electron chi connectivity index (χ2n) is 4.41. The van der Waals surface area contributed by atoms with Gasteiger partial charge >= 0.3 is 0 Å². The highest BCUT2D eigenvalue weighted by Crippen LogP contribution is 2.42. The number of benzene rings is 1. The lowest BCUT2D eigenvalue weighted by Gasteiger charge is -2.22. The summed E-state index contributed by atoms with van der Waals surface area (Å²) in [6.45, 7) is 5.10. The molecule has 1 atom stereocenters. The monoisotopic (exact) mass is 212 g/mol. The van der Waals surface area contributed by atoms with E-state index in [0.29, 0.717) is 6.16 Å². The van der Waals surface area contributed by atoms with Crippen molar-refractivity contribution in [1.82, 2.24) is 0 Å². The largest absolute Gasteiger partial charge is 0.390 e. The molecule has 1 unspecified atom stereocenters. The van der Waals surface area contributed by atoms with Gasteiger partial charge in [-0.15, -0.1) is 0 Å². The molecule has 0 bridgehead atoms. The van der Waals surface area contributed by atoms with Crippen molar-refractivity contribution in [3.05, 3.63) is 30.3 Å². The summed E-state index contributed by atoms with van der Waals surface area (Å²) in [5.41, 5.74) is -0.875. The summed E-state index contributed by atoms with van der Waals surface area (Å²) in [7, 11) is -2.42. The molecule has 14 heavy (non-hydrogen) atoms. The molecule has 0 aliphatic rings. The minimum Gasteiger partial charge on any atom is -0.390 e. The van der Waals surface area contributed by atoms with Crippen LogP contribution in [0.5, 0.6) is 0 Å². The Morgan fingerprint density at radius 3 is 2.21 bits per heavy atom. The molecule has 0 aromatic heterocycles. The molecule has 1 rings (SSSR count). The van der Waals surface area contributed by atoms with Gasteiger partial charge in [0.15, 0.2) is 0 Å². The Hall–Kier alpha value is -0.590. The SMILES string of the molecule is CC(C)(O)CP(C)(=O)c1ccccc1. The van der Waals surface area contributed by atoms with Crippen LogP contribution in [0, 0.1) is 0 Å². The molecule has 1 N–H and O–H groups in total. The number of hydrogen-bond acceptors (Lipinski definition) is 2. The zero-order valence-electron chi connectivity index (χ0n) is 8.90. The lowest BCUT2D eigenvalue weighted by molar-refractivity contribution is 0.105. The van der Waals surface area contributed by atoms with Crippen LogP contribution < -0.4 is 5.30 Å². The van der Waals surface area contributed by atoms with E-state index in [1.807, 2.05) is 30.3 Å². The first-order chi connectivity index (χ1) is 6.31. The third-order valence-electron chi connectivity index (χ3n) is 1.99. The van der Waals surface area contributed by atoms with E-state index in [-0.39, 0.29) is 0 Å². The van der Waals surface area contributed by atoms with Gasteiger partial charge in [0.25, 0.3) is 0 Å². The summed E-state index contributed by atoms with van der Waals surface area (Å²) in [5.74, 6) is 0. The van der Waals surface area contributed by atoms with E-state index >= 15 is 0 Å². The molecule has 0 heterocycles. The Morgan fingerprint density at radius 1 is 1.29 bits per heavy atom. The van der Waals surface area contributed by atoms with Crippen molar-refractivity contribution in [3.8, 4) is 0 Å². The second-order valence-corrected chi connectivity index (χ2v) is 7.44. The summed E-state index contributed by atoms with van der Waals surface area (Å²) >= 11 is 0. The van der Waals surface area contributed by atoms with Gasteiger partial charge < -0.3 is 9.67 Å². The average Bonchev–Trinajstić information content (AvgIpc) is 2.01. The van der Waals surface area contributed by atoms with Gasteiger partial charge in [0, 0.05) is 11.5 Å². The van der Waals surface area contributed by atoms with Crippen molar-refractivity contribution in [2.45, 2.75) is 19.4 Å². The molecule has 0 radical (unpaired) electrons. The first-order valence-electron chi connectivity index (χ1n) is 4.66. The van der Waals surface area contributed by atoms with E-state index < -0.39 is 12.7 Å². The lowest BCUT2D eigenvalue weighted by atomic mass is 10.2. The lowest BCUT2D eigenvalue weighted by Crippen LogP contribution is -2.26. The minimum atomic E-state index is -2.42. The molecule has 2 nitrogen and oxygen atoms in total. The molecular weight excluding hydrogens is 195 g/mol. The van der Waals surface area contributed by atoms with Crippen LogP contribution in [0.3, 0.4) is 0 Å². The summed E-state index contributed by atoms with van der Waals surface area (Å²) in [6.07, 6.45) is 0.323. The smallest absolute Gasteiger partial charge is 0.115 e. The van der Waals surface area contributed by atoms with Gasteiger partial charge in [0.2, 0.25) is 0 Å². The first kappa shape index (κ1) is 11.5. The van der Waals surface area contributed by atoms with Crippen molar-refractivity contribution in [3.63, 3.8) is 0 Å². The molecule has 0 aliphatic carbocycles. The summed E-state index contributed by atoms with van der Waals surface area (Å²) in [4.78, 5) is 0. The van der Waals surface area contributed by atoms with Gasteiger partial charge in [-0.1, -0.05) is 30.3 Å². The zero-order chi connectivity index (χ0) is 10.8. The highest BCUT2D eigenvalue weighted by molar-refractivity contribution is 7.70. The van der Waals surface area contributed by atoms with Gasteiger partial charge in [-0.25, -0.2) is 0 Å². The molecule has 1 aromatic carbocycles. The summed E-state index contributed by atoms with van der Waals surface area (Å²) in [5, 5.41) is 10.5. The predicted octanol–water partition coefficient (Wildman–Crippen LogP) is 2.08. The molecule has 0 saturated heterocycles. The quantitative estimate of drug-likeness (QED) is 0.779. The molecule has 0 saturated carbocycles. The third kappa shape index (κ3) is 3.28. The second kappa shape index (κ2) is 3.88. The van der Waals surface area contributed by atoms with Gasteiger partial charge in [0.1, 0.15) is 7.14 Å². The van der Waals surface area contributed by atoms with Crippen LogP contribution in [0.15, 0.2) is 30.3 Å². The van der Waals surface area contributed by atoms with Crippen molar-refractivity contribution >= 4 is 12.4 Å². The highest BCUT2D eigenvalue weighted by atomic mass is 31.2. The van der Waals surface area contributed by atoms with E-state index in [4.69, 9.17) is 0 Å². The molecule has 1 aromatic rings. The Morgan fingerprint density at radius 2 is 1.79 bits per heavy atom. The van der Waals surface area contributed by atoms with E-state index in [1.165, 1.54) is 0 Å². The Bertz CT molecular complexity index is 338. The zero-order valence-corrected chi connectivity index (χ0v) is 9.79. The van der Waals surface area contributed by atoms with Crippen LogP contribution in [0.2, 0.25) is 0 Å². The fourth-order valence-corrected chi connectivity index (χ4v) is 4.04. The van der Waals surface area contributed by atoms with Crippen LogP contribution in [0.4, 0.5) is 0 Å². The van der Waals surface area contributed by atoms with E-state index in [1.54, 1.807) is 20.5 Å². The van der Waals surface area contributed by atoms with Gasteiger partial charge in [-0.3, -0.25) is 0 Å². The van der Waals surface area contributed by atoms with Crippen molar-refractivity contribution in [2.75, 3.05) is 12.8 Å². The highest BCUT2D eigenvalue weighted by Gasteiger charge is 2.26. The minimum absolute atomic E-state index is 0.323. The number of aliphatic hydroxyl groups is 1. The first-order valence-corrected chi connectivity index (χ1v) is 7.00. The van der Waals surface area contributed by atoms with Crippen molar-refractivity contribution in [1.29, 1.82) is 0 Å². The average molecular weight is 212 g/mol. The topological polar surface area (TPSA) is 37.3 Å². The van der Waals surface area contributed by atoms with Crippen LogP contribution in [-0.2, 0) is 4.57 Å². The van der Waals surface area contributed by atoms with E-state index in [2.05, 4.69) is 0 Å². The maximum Gasteiger partial charge on any atom is 0.115 e. The van der Waals surface area contributed by atoms with Gasteiger partial charge in [-0.05, 0) is 20.5 Å². The Balaban J connectivity index is 2.93. The number of hydrogen-bond donors (Lipinski definition) is 1. The summed E-state index contributed by atoms with van der Waals surface area (Å²) in [6, 6.07) is 9.35. The Kier molecular flexibility index (Phi) is 3.18. The fraction of sp³-hybridized carbons (Fsp3) is 0.455. The van der Waals surface area contributed by atoms with Crippen LogP contribution in [-0.4, -0.2) is 23.5 Å². The molecule has 0 fully saturated rings. The van der Waals surface area contributed by atoms with E-state index in [0.717, 1.165) is 5.30 Å². The molecule has 0 aliphatic heterocycles. The summed E-state index contributed by atoms with van der Waals surface area (Å²) < 4.78 is 12.3. The van der Waals surface area contributed by atoms with Crippen molar-refractivity contribution < 1.29 is 9.67 Å². The van der Waals surface area contributed by atoms with Gasteiger partial charge in [-0.2, -0.15) is 0 Å². The van der Waals surface area contributed by atoms with Gasteiger partial charge in [0.05, 0.1) is 5.60 Å². The normalized spacial score (nSPS) is 16.3. The fourth-order valence-electron chi connectivity index (χ4n) is 1.57. The molecular formula is C11H17O2P. The maximum absolute atomic E-state index is 12.3. The molecule has 78 valence electrons. The van der Waals surface area contributed by atoms with Crippen molar-refractivity contribution in [2.24, 2.45) is 0 Å².